The zero-order valence-corrected chi connectivity index (χ0v) is 17.8. The first-order valence-corrected chi connectivity index (χ1v) is 11.2. The molecule has 160 valence electrons. The monoisotopic (exact) mass is 431 g/mol. The Balaban J connectivity index is 1.74. The molecule has 0 saturated heterocycles. The Kier molecular flexibility index (Phi) is 6.45. The van der Waals surface area contributed by atoms with Crippen LogP contribution in [-0.4, -0.2) is 38.8 Å². The van der Waals surface area contributed by atoms with E-state index in [4.69, 9.17) is 9.47 Å². The van der Waals surface area contributed by atoms with Crippen LogP contribution < -0.4 is 10.1 Å². The molecular weight excluding hydrogens is 406 g/mol. The van der Waals surface area contributed by atoms with E-state index in [9.17, 15) is 18.0 Å². The Hall–Kier alpha value is -2.87. The first-order valence-electron chi connectivity index (χ1n) is 9.71. The number of hydrogen-bond acceptors (Lipinski definition) is 6. The number of benzene rings is 2. The van der Waals surface area contributed by atoms with Crippen LogP contribution >= 0.6 is 0 Å². The van der Waals surface area contributed by atoms with Crippen molar-refractivity contribution in [1.82, 2.24) is 0 Å². The summed E-state index contributed by atoms with van der Waals surface area (Å²) in [5.41, 5.74) is 1.37. The number of methoxy groups -OCH3 is 1. The SMILES string of the molecule is COc1ccc(C)cc1NC(=O)COC(=O)C1(S(=O)(=O)c2ccccc2)CCCC1. The molecule has 0 bridgehead atoms. The van der Waals surface area contributed by atoms with E-state index in [0.29, 0.717) is 24.3 Å². The summed E-state index contributed by atoms with van der Waals surface area (Å²) in [5, 5.41) is 2.64. The Bertz CT molecular complexity index is 1030. The van der Waals surface area contributed by atoms with Crippen molar-refractivity contribution in [2.45, 2.75) is 42.2 Å². The number of aryl methyl sites for hydroxylation is 1. The summed E-state index contributed by atoms with van der Waals surface area (Å²) in [5.74, 6) is -0.980. The Morgan fingerprint density at radius 3 is 2.37 bits per heavy atom. The van der Waals surface area contributed by atoms with Crippen molar-refractivity contribution >= 4 is 27.4 Å². The molecule has 8 heteroatoms. The standard InChI is InChI=1S/C22H25NO6S/c1-16-10-11-19(28-2)18(14-16)23-20(24)15-29-21(25)22(12-6-7-13-22)30(26,27)17-8-4-3-5-9-17/h3-5,8-11,14H,6-7,12-13,15H2,1-2H3,(H,23,24). The average molecular weight is 432 g/mol. The van der Waals surface area contributed by atoms with Gasteiger partial charge in [0.15, 0.2) is 21.2 Å². The molecule has 0 spiro atoms. The quantitative estimate of drug-likeness (QED) is 0.676. The minimum Gasteiger partial charge on any atom is -0.495 e. The van der Waals surface area contributed by atoms with Gasteiger partial charge in [-0.25, -0.2) is 8.42 Å². The maximum absolute atomic E-state index is 13.2. The Morgan fingerprint density at radius 2 is 1.73 bits per heavy atom. The molecule has 3 rings (SSSR count). The van der Waals surface area contributed by atoms with Gasteiger partial charge in [0.1, 0.15) is 5.75 Å². The van der Waals surface area contributed by atoms with Crippen molar-refractivity contribution in [1.29, 1.82) is 0 Å². The number of esters is 1. The average Bonchev–Trinajstić information content (AvgIpc) is 3.25. The lowest BCUT2D eigenvalue weighted by Crippen LogP contribution is -2.46. The van der Waals surface area contributed by atoms with E-state index >= 15 is 0 Å². The van der Waals surface area contributed by atoms with Crippen LogP contribution in [-0.2, 0) is 24.2 Å². The van der Waals surface area contributed by atoms with Gasteiger partial charge in [-0.2, -0.15) is 0 Å². The van der Waals surface area contributed by atoms with Gasteiger partial charge < -0.3 is 14.8 Å². The summed E-state index contributed by atoms with van der Waals surface area (Å²) in [7, 11) is -2.46. The van der Waals surface area contributed by atoms with Crippen LogP contribution in [0.5, 0.6) is 5.75 Å². The summed E-state index contributed by atoms with van der Waals surface area (Å²) in [4.78, 5) is 25.3. The number of carbonyl (C=O) groups is 2. The maximum Gasteiger partial charge on any atom is 0.328 e. The second kappa shape index (κ2) is 8.87. The van der Waals surface area contributed by atoms with Crippen molar-refractivity contribution < 1.29 is 27.5 Å². The maximum atomic E-state index is 13.2. The van der Waals surface area contributed by atoms with E-state index in [1.54, 1.807) is 30.3 Å². The Morgan fingerprint density at radius 1 is 1.07 bits per heavy atom. The second-order valence-corrected chi connectivity index (χ2v) is 9.61. The lowest BCUT2D eigenvalue weighted by atomic mass is 10.1. The Labute approximate surface area is 176 Å². The van der Waals surface area contributed by atoms with Gasteiger partial charge in [-0.05, 0) is 49.6 Å². The number of amides is 1. The summed E-state index contributed by atoms with van der Waals surface area (Å²) >= 11 is 0. The highest BCUT2D eigenvalue weighted by atomic mass is 32.2. The predicted octanol–water partition coefficient (Wildman–Crippen LogP) is 3.27. The molecule has 2 aromatic carbocycles. The fourth-order valence-corrected chi connectivity index (χ4v) is 5.79. The van der Waals surface area contributed by atoms with E-state index in [0.717, 1.165) is 5.56 Å². The van der Waals surface area contributed by atoms with Crippen molar-refractivity contribution in [2.75, 3.05) is 19.0 Å². The van der Waals surface area contributed by atoms with Crippen LogP contribution in [0.3, 0.4) is 0 Å². The van der Waals surface area contributed by atoms with Crippen LogP contribution in [0, 0.1) is 6.92 Å². The van der Waals surface area contributed by atoms with Crippen LogP contribution in [0.2, 0.25) is 0 Å². The summed E-state index contributed by atoms with van der Waals surface area (Å²) in [6.07, 6.45) is 1.56. The van der Waals surface area contributed by atoms with Crippen LogP contribution in [0.4, 0.5) is 5.69 Å². The molecule has 30 heavy (non-hydrogen) atoms. The number of carbonyl (C=O) groups excluding carboxylic acids is 2. The fraction of sp³-hybridized carbons (Fsp3) is 0.364. The number of sulfone groups is 1. The zero-order chi connectivity index (χ0) is 21.8. The van der Waals surface area contributed by atoms with Gasteiger partial charge in [0.05, 0.1) is 17.7 Å². The molecule has 1 amide bonds. The highest BCUT2D eigenvalue weighted by Crippen LogP contribution is 2.41. The molecule has 1 aliphatic rings. The molecule has 1 N–H and O–H groups in total. The minimum absolute atomic E-state index is 0.0813. The van der Waals surface area contributed by atoms with Crippen LogP contribution in [0.25, 0.3) is 0 Å². The van der Waals surface area contributed by atoms with E-state index < -0.39 is 33.1 Å². The lowest BCUT2D eigenvalue weighted by molar-refractivity contribution is -0.149. The molecule has 7 nitrogen and oxygen atoms in total. The van der Waals surface area contributed by atoms with Gasteiger partial charge >= 0.3 is 5.97 Å². The van der Waals surface area contributed by atoms with Crippen molar-refractivity contribution in [3.63, 3.8) is 0 Å². The predicted molar refractivity (Wildman–Crippen MR) is 112 cm³/mol. The van der Waals surface area contributed by atoms with E-state index in [-0.39, 0.29) is 17.7 Å². The molecule has 0 atom stereocenters. The molecule has 1 saturated carbocycles. The van der Waals surface area contributed by atoms with Crippen molar-refractivity contribution in [3.05, 3.63) is 54.1 Å². The second-order valence-electron chi connectivity index (χ2n) is 7.35. The fourth-order valence-electron chi connectivity index (χ4n) is 3.72. The topological polar surface area (TPSA) is 98.8 Å². The highest BCUT2D eigenvalue weighted by molar-refractivity contribution is 7.93. The van der Waals surface area contributed by atoms with Crippen LogP contribution in [0.15, 0.2) is 53.4 Å². The molecule has 0 aromatic heterocycles. The summed E-state index contributed by atoms with van der Waals surface area (Å²) in [6, 6.07) is 13.2. The first kappa shape index (κ1) is 21.8. The number of hydrogen-bond donors (Lipinski definition) is 1. The largest absolute Gasteiger partial charge is 0.495 e. The third-order valence-electron chi connectivity index (χ3n) is 5.31. The smallest absolute Gasteiger partial charge is 0.328 e. The molecule has 2 aromatic rings. The number of rotatable bonds is 7. The molecule has 1 fully saturated rings. The van der Waals surface area contributed by atoms with E-state index in [1.807, 2.05) is 13.0 Å². The van der Waals surface area contributed by atoms with Gasteiger partial charge in [0, 0.05) is 0 Å². The van der Waals surface area contributed by atoms with Gasteiger partial charge in [0.25, 0.3) is 5.91 Å². The molecule has 0 heterocycles. The third-order valence-corrected chi connectivity index (χ3v) is 7.81. The summed E-state index contributed by atoms with van der Waals surface area (Å²) < 4.78 is 35.2. The molecular formula is C22H25NO6S. The first-order chi connectivity index (χ1) is 14.3. The molecule has 0 radical (unpaired) electrons. The van der Waals surface area contributed by atoms with Crippen LogP contribution in [0.1, 0.15) is 31.2 Å². The zero-order valence-electron chi connectivity index (χ0n) is 17.0. The van der Waals surface area contributed by atoms with Crippen molar-refractivity contribution in [2.24, 2.45) is 0 Å². The number of anilines is 1. The number of ether oxygens (including phenoxy) is 2. The third kappa shape index (κ3) is 4.18. The molecule has 1 aliphatic carbocycles. The normalized spacial score (nSPS) is 15.4. The molecule has 0 unspecified atom stereocenters. The summed E-state index contributed by atoms with van der Waals surface area (Å²) in [6.45, 7) is 1.29. The number of nitrogens with one attached hydrogen (secondary N) is 1. The highest BCUT2D eigenvalue weighted by Gasteiger charge is 2.54. The van der Waals surface area contributed by atoms with Gasteiger partial charge in [0.2, 0.25) is 0 Å². The van der Waals surface area contributed by atoms with Gasteiger partial charge in [-0.15, -0.1) is 0 Å². The van der Waals surface area contributed by atoms with Crippen molar-refractivity contribution in [3.8, 4) is 5.75 Å². The van der Waals surface area contributed by atoms with E-state index in [1.165, 1.54) is 19.2 Å². The van der Waals surface area contributed by atoms with Gasteiger partial charge in [-0.3, -0.25) is 9.59 Å². The van der Waals surface area contributed by atoms with Gasteiger partial charge in [-0.1, -0.05) is 37.1 Å². The minimum atomic E-state index is -3.95. The van der Waals surface area contributed by atoms with E-state index in [2.05, 4.69) is 5.32 Å². The molecule has 0 aliphatic heterocycles. The lowest BCUT2D eigenvalue weighted by Gasteiger charge is -2.26.